The molecule has 0 saturated heterocycles. The molecule has 0 spiro atoms. The molecule has 6 heteroatoms. The molecule has 0 unspecified atom stereocenters. The van der Waals surface area contributed by atoms with Crippen LogP contribution in [-0.4, -0.2) is 9.97 Å². The Morgan fingerprint density at radius 2 is 2.22 bits per heavy atom. The van der Waals surface area contributed by atoms with Gasteiger partial charge in [0, 0.05) is 17.6 Å². The number of halogens is 1. The summed E-state index contributed by atoms with van der Waals surface area (Å²) in [7, 11) is 0. The lowest BCUT2D eigenvalue weighted by Gasteiger charge is -2.06. The largest absolute Gasteiger partial charge is 0.486 e. The van der Waals surface area contributed by atoms with Crippen molar-refractivity contribution in [3.05, 3.63) is 57.2 Å². The highest BCUT2D eigenvalue weighted by Crippen LogP contribution is 2.17. The van der Waals surface area contributed by atoms with Crippen molar-refractivity contribution in [2.24, 2.45) is 5.73 Å². The molecule has 5 nitrogen and oxygen atoms in total. The predicted octanol–water partition coefficient (Wildman–Crippen LogP) is 1.46. The number of nitrogens with one attached hydrogen (secondary N) is 1. The SMILES string of the molecule is NCc1cc(=O)[nH]c(COc2cccc(Cl)c2)n1. The van der Waals surface area contributed by atoms with Gasteiger partial charge in [-0.2, -0.15) is 0 Å². The Hall–Kier alpha value is -1.85. The zero-order valence-corrected chi connectivity index (χ0v) is 10.3. The maximum atomic E-state index is 11.3. The third-order valence-corrected chi connectivity index (χ3v) is 2.46. The molecule has 1 aromatic carbocycles. The molecule has 0 fully saturated rings. The van der Waals surface area contributed by atoms with Crippen LogP contribution in [0.3, 0.4) is 0 Å². The number of hydrogen-bond donors (Lipinski definition) is 2. The Kier molecular flexibility index (Phi) is 3.96. The minimum atomic E-state index is -0.241. The van der Waals surface area contributed by atoms with Gasteiger partial charge in [0.2, 0.25) is 0 Å². The van der Waals surface area contributed by atoms with Gasteiger partial charge in [-0.15, -0.1) is 0 Å². The second-order valence-corrected chi connectivity index (χ2v) is 4.07. The first-order chi connectivity index (χ1) is 8.67. The van der Waals surface area contributed by atoms with Crippen molar-refractivity contribution in [3.63, 3.8) is 0 Å². The number of hydrogen-bond acceptors (Lipinski definition) is 4. The first-order valence-electron chi connectivity index (χ1n) is 5.35. The van der Waals surface area contributed by atoms with Crippen molar-refractivity contribution < 1.29 is 4.74 Å². The molecule has 0 aliphatic carbocycles. The average molecular weight is 266 g/mol. The highest BCUT2D eigenvalue weighted by molar-refractivity contribution is 6.30. The Balaban J connectivity index is 2.10. The maximum absolute atomic E-state index is 11.3. The standard InChI is InChI=1S/C12H12ClN3O2/c13-8-2-1-3-10(4-8)18-7-11-15-9(6-14)5-12(17)16-11/h1-5H,6-7,14H2,(H,15,16,17). The molecule has 94 valence electrons. The maximum Gasteiger partial charge on any atom is 0.251 e. The summed E-state index contributed by atoms with van der Waals surface area (Å²) >= 11 is 5.83. The minimum Gasteiger partial charge on any atom is -0.486 e. The van der Waals surface area contributed by atoms with Crippen molar-refractivity contribution in [3.8, 4) is 5.75 Å². The molecular formula is C12H12ClN3O2. The summed E-state index contributed by atoms with van der Waals surface area (Å²) in [6, 6.07) is 8.36. The zero-order chi connectivity index (χ0) is 13.0. The number of benzene rings is 1. The van der Waals surface area contributed by atoms with E-state index in [-0.39, 0.29) is 18.7 Å². The van der Waals surface area contributed by atoms with Crippen molar-refractivity contribution in [2.45, 2.75) is 13.2 Å². The fraction of sp³-hybridized carbons (Fsp3) is 0.167. The topological polar surface area (TPSA) is 81.0 Å². The van der Waals surface area contributed by atoms with E-state index in [0.717, 1.165) is 0 Å². The van der Waals surface area contributed by atoms with E-state index in [1.54, 1.807) is 24.3 Å². The molecule has 0 bridgehead atoms. The molecule has 0 aliphatic rings. The lowest BCUT2D eigenvalue weighted by molar-refractivity contribution is 0.295. The second-order valence-electron chi connectivity index (χ2n) is 3.63. The number of rotatable bonds is 4. The van der Waals surface area contributed by atoms with Gasteiger partial charge in [0.1, 0.15) is 18.2 Å². The molecule has 2 aromatic rings. The highest BCUT2D eigenvalue weighted by Gasteiger charge is 2.02. The van der Waals surface area contributed by atoms with E-state index in [2.05, 4.69) is 9.97 Å². The molecule has 0 saturated carbocycles. The Bertz CT molecular complexity index is 598. The summed E-state index contributed by atoms with van der Waals surface area (Å²) in [4.78, 5) is 18.0. The van der Waals surface area contributed by atoms with E-state index < -0.39 is 0 Å². The van der Waals surface area contributed by atoms with Crippen LogP contribution in [0.2, 0.25) is 5.02 Å². The number of ether oxygens (including phenoxy) is 1. The Labute approximate surface area is 109 Å². The van der Waals surface area contributed by atoms with Crippen LogP contribution in [0.5, 0.6) is 5.75 Å². The summed E-state index contributed by atoms with van der Waals surface area (Å²) in [6.07, 6.45) is 0. The van der Waals surface area contributed by atoms with Crippen molar-refractivity contribution in [1.82, 2.24) is 9.97 Å². The average Bonchev–Trinajstić information content (AvgIpc) is 2.36. The molecule has 2 rings (SSSR count). The van der Waals surface area contributed by atoms with Crippen LogP contribution in [-0.2, 0) is 13.2 Å². The number of aromatic amines is 1. The fourth-order valence-corrected chi connectivity index (χ4v) is 1.62. The molecule has 1 heterocycles. The molecular weight excluding hydrogens is 254 g/mol. The molecule has 1 aromatic heterocycles. The van der Waals surface area contributed by atoms with E-state index in [1.807, 2.05) is 0 Å². The Morgan fingerprint density at radius 3 is 2.94 bits per heavy atom. The lowest BCUT2D eigenvalue weighted by atomic mass is 10.3. The third-order valence-electron chi connectivity index (χ3n) is 2.22. The highest BCUT2D eigenvalue weighted by atomic mass is 35.5. The van der Waals surface area contributed by atoms with Gasteiger partial charge >= 0.3 is 0 Å². The van der Waals surface area contributed by atoms with Gasteiger partial charge in [-0.3, -0.25) is 4.79 Å². The van der Waals surface area contributed by atoms with Crippen LogP contribution in [0.4, 0.5) is 0 Å². The molecule has 0 radical (unpaired) electrons. The molecule has 0 atom stereocenters. The van der Waals surface area contributed by atoms with Crippen LogP contribution < -0.4 is 16.0 Å². The van der Waals surface area contributed by atoms with Crippen LogP contribution in [0.1, 0.15) is 11.5 Å². The predicted molar refractivity (Wildman–Crippen MR) is 68.5 cm³/mol. The number of nitrogens with zero attached hydrogens (tertiary/aromatic N) is 1. The van der Waals surface area contributed by atoms with Gasteiger partial charge in [-0.05, 0) is 18.2 Å². The van der Waals surface area contributed by atoms with Crippen LogP contribution in [0.25, 0.3) is 0 Å². The number of aromatic nitrogens is 2. The van der Waals surface area contributed by atoms with Crippen molar-refractivity contribution >= 4 is 11.6 Å². The molecule has 0 amide bonds. The van der Waals surface area contributed by atoms with Gasteiger partial charge in [0.15, 0.2) is 0 Å². The van der Waals surface area contributed by atoms with E-state index >= 15 is 0 Å². The van der Waals surface area contributed by atoms with Gasteiger partial charge in [-0.25, -0.2) is 4.98 Å². The first kappa shape index (κ1) is 12.6. The minimum absolute atomic E-state index is 0.156. The van der Waals surface area contributed by atoms with Crippen molar-refractivity contribution in [2.75, 3.05) is 0 Å². The fourth-order valence-electron chi connectivity index (χ4n) is 1.44. The zero-order valence-electron chi connectivity index (χ0n) is 9.52. The van der Waals surface area contributed by atoms with E-state index in [9.17, 15) is 4.79 Å². The van der Waals surface area contributed by atoms with Crippen LogP contribution >= 0.6 is 11.6 Å². The van der Waals surface area contributed by atoms with Gasteiger partial charge in [-0.1, -0.05) is 17.7 Å². The first-order valence-corrected chi connectivity index (χ1v) is 5.73. The summed E-state index contributed by atoms with van der Waals surface area (Å²) in [5, 5.41) is 0.588. The Morgan fingerprint density at radius 1 is 1.39 bits per heavy atom. The summed E-state index contributed by atoms with van der Waals surface area (Å²) in [6.45, 7) is 0.373. The van der Waals surface area contributed by atoms with Gasteiger partial charge < -0.3 is 15.5 Å². The normalized spacial score (nSPS) is 10.3. The second kappa shape index (κ2) is 5.66. The summed E-state index contributed by atoms with van der Waals surface area (Å²) in [5.74, 6) is 1.05. The lowest BCUT2D eigenvalue weighted by Crippen LogP contribution is -2.16. The summed E-state index contributed by atoms with van der Waals surface area (Å²) < 4.78 is 5.47. The summed E-state index contributed by atoms with van der Waals surface area (Å²) in [5.41, 5.74) is 5.73. The van der Waals surface area contributed by atoms with Crippen LogP contribution in [0, 0.1) is 0 Å². The quantitative estimate of drug-likeness (QED) is 0.877. The van der Waals surface area contributed by atoms with E-state index in [4.69, 9.17) is 22.1 Å². The van der Waals surface area contributed by atoms with Crippen molar-refractivity contribution in [1.29, 1.82) is 0 Å². The monoisotopic (exact) mass is 265 g/mol. The molecule has 3 N–H and O–H groups in total. The molecule has 0 aliphatic heterocycles. The number of nitrogens with two attached hydrogens (primary N) is 1. The van der Waals surface area contributed by atoms with Gasteiger partial charge in [0.05, 0.1) is 5.69 Å². The van der Waals surface area contributed by atoms with E-state index in [0.29, 0.717) is 22.3 Å². The smallest absolute Gasteiger partial charge is 0.251 e. The third kappa shape index (κ3) is 3.32. The van der Waals surface area contributed by atoms with E-state index in [1.165, 1.54) is 6.07 Å². The molecule has 18 heavy (non-hydrogen) atoms. The van der Waals surface area contributed by atoms with Crippen LogP contribution in [0.15, 0.2) is 35.1 Å². The van der Waals surface area contributed by atoms with Gasteiger partial charge in [0.25, 0.3) is 5.56 Å². The number of H-pyrrole nitrogens is 1.